The second-order valence-corrected chi connectivity index (χ2v) is 6.94. The lowest BCUT2D eigenvalue weighted by molar-refractivity contribution is -0.101. The van der Waals surface area contributed by atoms with E-state index < -0.39 is 5.60 Å². The molecule has 116 valence electrons. The molecular formula is C15H27NO4. The molecule has 1 aliphatic carbocycles. The third kappa shape index (κ3) is 4.35. The summed E-state index contributed by atoms with van der Waals surface area (Å²) in [6, 6.07) is 0. The van der Waals surface area contributed by atoms with Crippen molar-refractivity contribution in [2.24, 2.45) is 5.92 Å². The van der Waals surface area contributed by atoms with E-state index in [1.807, 2.05) is 20.8 Å². The largest absolute Gasteiger partial charge is 0.444 e. The summed E-state index contributed by atoms with van der Waals surface area (Å²) in [5.41, 5.74) is -0.435. The van der Waals surface area contributed by atoms with E-state index in [0.717, 1.165) is 25.7 Å². The van der Waals surface area contributed by atoms with Crippen molar-refractivity contribution in [2.75, 3.05) is 19.7 Å². The zero-order valence-corrected chi connectivity index (χ0v) is 12.8. The van der Waals surface area contributed by atoms with Crippen molar-refractivity contribution >= 4 is 6.09 Å². The molecule has 1 aliphatic heterocycles. The van der Waals surface area contributed by atoms with Crippen LogP contribution in [-0.4, -0.2) is 53.6 Å². The predicted molar refractivity (Wildman–Crippen MR) is 75.5 cm³/mol. The molecule has 0 radical (unpaired) electrons. The number of aliphatic hydroxyl groups is 1. The molecule has 1 N–H and O–H groups in total. The molecule has 5 heteroatoms. The van der Waals surface area contributed by atoms with Gasteiger partial charge in [0.1, 0.15) is 5.60 Å². The highest BCUT2D eigenvalue weighted by Gasteiger charge is 2.33. The number of carbonyl (C=O) groups is 1. The zero-order valence-electron chi connectivity index (χ0n) is 12.8. The second-order valence-electron chi connectivity index (χ2n) is 6.94. The number of amides is 1. The topological polar surface area (TPSA) is 59.0 Å². The van der Waals surface area contributed by atoms with Gasteiger partial charge in [-0.15, -0.1) is 0 Å². The van der Waals surface area contributed by atoms with Crippen LogP contribution in [0.25, 0.3) is 0 Å². The van der Waals surface area contributed by atoms with Gasteiger partial charge in [0.25, 0.3) is 0 Å². The van der Waals surface area contributed by atoms with Gasteiger partial charge in [-0.05, 0) is 52.4 Å². The second kappa shape index (κ2) is 6.31. The Kier molecular flexibility index (Phi) is 4.91. The average molecular weight is 285 g/mol. The van der Waals surface area contributed by atoms with Gasteiger partial charge in [-0.2, -0.15) is 0 Å². The highest BCUT2D eigenvalue weighted by molar-refractivity contribution is 5.68. The highest BCUT2D eigenvalue weighted by Crippen LogP contribution is 2.32. The summed E-state index contributed by atoms with van der Waals surface area (Å²) in [6.07, 6.45) is 4.04. The normalized spacial score (nSPS) is 28.1. The molecule has 2 rings (SSSR count). The van der Waals surface area contributed by atoms with Crippen LogP contribution >= 0.6 is 0 Å². The Morgan fingerprint density at radius 3 is 2.30 bits per heavy atom. The summed E-state index contributed by atoms with van der Waals surface area (Å²) < 4.78 is 11.4. The van der Waals surface area contributed by atoms with Crippen LogP contribution in [0.3, 0.4) is 0 Å². The van der Waals surface area contributed by atoms with Gasteiger partial charge in [-0.3, -0.25) is 0 Å². The molecular weight excluding hydrogens is 258 g/mol. The molecule has 0 aromatic rings. The minimum atomic E-state index is -0.435. The lowest BCUT2D eigenvalue weighted by Crippen LogP contribution is -2.45. The molecule has 1 saturated heterocycles. The maximum atomic E-state index is 11.9. The van der Waals surface area contributed by atoms with Gasteiger partial charge < -0.3 is 19.5 Å². The van der Waals surface area contributed by atoms with Crippen molar-refractivity contribution in [3.63, 3.8) is 0 Å². The summed E-state index contributed by atoms with van der Waals surface area (Å²) in [5, 5.41) is 8.98. The van der Waals surface area contributed by atoms with Gasteiger partial charge in [-0.1, -0.05) is 0 Å². The van der Waals surface area contributed by atoms with Gasteiger partial charge >= 0.3 is 6.09 Å². The van der Waals surface area contributed by atoms with E-state index in [4.69, 9.17) is 14.6 Å². The number of ether oxygens (including phenoxy) is 2. The van der Waals surface area contributed by atoms with Crippen LogP contribution in [-0.2, 0) is 9.47 Å². The van der Waals surface area contributed by atoms with Crippen LogP contribution in [0, 0.1) is 5.92 Å². The van der Waals surface area contributed by atoms with Gasteiger partial charge in [0.2, 0.25) is 0 Å². The third-order valence-corrected chi connectivity index (χ3v) is 3.93. The highest BCUT2D eigenvalue weighted by atomic mass is 16.6. The van der Waals surface area contributed by atoms with Gasteiger partial charge in [0.15, 0.2) is 0 Å². The van der Waals surface area contributed by atoms with E-state index in [9.17, 15) is 4.79 Å². The lowest BCUT2D eigenvalue weighted by atomic mass is 9.83. The van der Waals surface area contributed by atoms with Crippen LogP contribution in [0.1, 0.15) is 46.5 Å². The monoisotopic (exact) mass is 285 g/mol. The molecule has 2 aliphatic rings. The molecule has 20 heavy (non-hydrogen) atoms. The number of rotatable bonds is 3. The SMILES string of the molecule is CC(C)(C)OC(=O)N1CCC(OC2CC(CO)C2)CC1. The molecule has 0 aromatic carbocycles. The molecule has 0 spiro atoms. The first-order valence-electron chi connectivity index (χ1n) is 7.61. The Bertz CT molecular complexity index is 325. The molecule has 0 atom stereocenters. The molecule has 0 bridgehead atoms. The van der Waals surface area contributed by atoms with Crippen molar-refractivity contribution in [1.82, 2.24) is 4.90 Å². The molecule has 1 heterocycles. The Hall–Kier alpha value is -0.810. The van der Waals surface area contributed by atoms with Crippen molar-refractivity contribution in [3.05, 3.63) is 0 Å². The number of likely N-dealkylation sites (tertiary alicyclic amines) is 1. The fourth-order valence-corrected chi connectivity index (χ4v) is 2.71. The smallest absolute Gasteiger partial charge is 0.410 e. The fraction of sp³-hybridized carbons (Fsp3) is 0.933. The molecule has 0 unspecified atom stereocenters. The third-order valence-electron chi connectivity index (χ3n) is 3.93. The lowest BCUT2D eigenvalue weighted by Gasteiger charge is -2.39. The summed E-state index contributed by atoms with van der Waals surface area (Å²) >= 11 is 0. The summed E-state index contributed by atoms with van der Waals surface area (Å²) in [5.74, 6) is 0.432. The molecule has 1 saturated carbocycles. The summed E-state index contributed by atoms with van der Waals surface area (Å²) in [4.78, 5) is 13.7. The van der Waals surface area contributed by atoms with E-state index in [1.165, 1.54) is 0 Å². The zero-order chi connectivity index (χ0) is 14.8. The number of piperidine rings is 1. The standard InChI is InChI=1S/C15H27NO4/c1-15(2,3)20-14(18)16-6-4-12(5-7-16)19-13-8-11(9-13)10-17/h11-13,17H,4-10H2,1-3H3. The average Bonchev–Trinajstić information content (AvgIpc) is 2.31. The van der Waals surface area contributed by atoms with Gasteiger partial charge in [0.05, 0.1) is 12.2 Å². The minimum Gasteiger partial charge on any atom is -0.444 e. The number of hydrogen-bond donors (Lipinski definition) is 1. The van der Waals surface area contributed by atoms with E-state index >= 15 is 0 Å². The summed E-state index contributed by atoms with van der Waals surface area (Å²) in [6.45, 7) is 7.33. The van der Waals surface area contributed by atoms with E-state index in [-0.39, 0.29) is 18.8 Å². The molecule has 5 nitrogen and oxygen atoms in total. The predicted octanol–water partition coefficient (Wildman–Crippen LogP) is 2.17. The quantitative estimate of drug-likeness (QED) is 0.863. The number of aliphatic hydroxyl groups excluding tert-OH is 1. The fourth-order valence-electron chi connectivity index (χ4n) is 2.71. The van der Waals surface area contributed by atoms with Crippen LogP contribution in [0.2, 0.25) is 0 Å². The van der Waals surface area contributed by atoms with Crippen molar-refractivity contribution in [1.29, 1.82) is 0 Å². The minimum absolute atomic E-state index is 0.222. The van der Waals surface area contributed by atoms with Gasteiger partial charge in [0, 0.05) is 19.7 Å². The van der Waals surface area contributed by atoms with Crippen LogP contribution in [0.15, 0.2) is 0 Å². The van der Waals surface area contributed by atoms with E-state index in [2.05, 4.69) is 0 Å². The maximum absolute atomic E-state index is 11.9. The Morgan fingerprint density at radius 1 is 1.20 bits per heavy atom. The van der Waals surface area contributed by atoms with Crippen LogP contribution < -0.4 is 0 Å². The van der Waals surface area contributed by atoms with Crippen LogP contribution in [0.5, 0.6) is 0 Å². The van der Waals surface area contributed by atoms with Gasteiger partial charge in [-0.25, -0.2) is 4.79 Å². The Labute approximate surface area is 121 Å². The van der Waals surface area contributed by atoms with Crippen molar-refractivity contribution in [3.8, 4) is 0 Å². The molecule has 2 fully saturated rings. The van der Waals surface area contributed by atoms with Crippen molar-refractivity contribution in [2.45, 2.75) is 64.3 Å². The maximum Gasteiger partial charge on any atom is 0.410 e. The van der Waals surface area contributed by atoms with E-state index in [0.29, 0.717) is 25.1 Å². The Morgan fingerprint density at radius 2 is 1.80 bits per heavy atom. The molecule has 1 amide bonds. The number of hydrogen-bond acceptors (Lipinski definition) is 4. The van der Waals surface area contributed by atoms with Crippen molar-refractivity contribution < 1.29 is 19.4 Å². The summed E-state index contributed by atoms with van der Waals surface area (Å²) in [7, 11) is 0. The first-order chi connectivity index (χ1) is 9.37. The first-order valence-corrected chi connectivity index (χ1v) is 7.61. The number of carbonyl (C=O) groups excluding carboxylic acids is 1. The van der Waals surface area contributed by atoms with E-state index in [1.54, 1.807) is 4.90 Å². The Balaban J connectivity index is 1.66. The molecule has 0 aromatic heterocycles. The number of nitrogens with zero attached hydrogens (tertiary/aromatic N) is 1. The first kappa shape index (κ1) is 15.6. The van der Waals surface area contributed by atoms with Crippen LogP contribution in [0.4, 0.5) is 4.79 Å².